The average Bonchev–Trinajstić information content (AvgIpc) is 0.866. The topological polar surface area (TPSA) is 703 Å². The molecule has 107 heavy (non-hydrogen) atoms. The van der Waals surface area contributed by atoms with Crippen LogP contribution in [0.1, 0.15) is 178 Å². The molecule has 0 aliphatic carbocycles. The van der Waals surface area contributed by atoms with Gasteiger partial charge in [0.1, 0.15) is 66.5 Å². The molecular formula is C66H124N26O15. The van der Waals surface area contributed by atoms with Gasteiger partial charge < -0.3 is 125 Å². The van der Waals surface area contributed by atoms with E-state index in [1.54, 1.807) is 55.4 Å². The van der Waals surface area contributed by atoms with Gasteiger partial charge >= 0.3 is 5.97 Å². The van der Waals surface area contributed by atoms with Crippen LogP contribution in [0.3, 0.4) is 0 Å². The number of unbranched alkanes of at least 4 members (excludes halogenated alkanes) is 1. The molecule has 0 aromatic rings. The van der Waals surface area contributed by atoms with Gasteiger partial charge in [-0.15, -0.1) is 0 Å². The SMILES string of the molecule is CC[C@H](C)[C@H](NC(C)=O)C(=O)N[C@@H](CCC(=O)O)C(=O)NCC(=O)N[C@@H](CC(C)C)C(=O)N[C@@H](CCCNC(=N)N)C(=O)N[C@@H](CCCCN)C(=O)N[C@@H](CCCNC(=N)N)C(=O)N[C@@H](CCCNC(=N)N)C(=O)N[C@@H](CCCNC(=N)N)C(=O)N[C@@H](CC(C)C)C(=O)N[C@@H](CC(C)C)C(=O)N[C@@H](C)C(N)=O. The van der Waals surface area contributed by atoms with E-state index >= 15 is 0 Å². The minimum absolute atomic E-state index is 0.0000348. The van der Waals surface area contributed by atoms with Crippen LogP contribution in [0, 0.1) is 45.3 Å². The Hall–Kier alpha value is -10.4. The van der Waals surface area contributed by atoms with Crippen molar-refractivity contribution in [3.8, 4) is 0 Å². The molecule has 0 radical (unpaired) electrons. The summed E-state index contributed by atoms with van der Waals surface area (Å²) in [5.74, 6) is -15.0. The van der Waals surface area contributed by atoms with E-state index < -0.39 is 198 Å². The summed E-state index contributed by atoms with van der Waals surface area (Å²) in [4.78, 5) is 192. The molecule has 0 unspecified atom stereocenters. The molecule has 0 aliphatic heterocycles. The van der Waals surface area contributed by atoms with Crippen LogP contribution in [0.15, 0.2) is 0 Å². The van der Waals surface area contributed by atoms with Crippen molar-refractivity contribution in [2.75, 3.05) is 39.3 Å². The van der Waals surface area contributed by atoms with Crippen molar-refractivity contribution in [3.05, 3.63) is 0 Å². The lowest BCUT2D eigenvalue weighted by Gasteiger charge is -2.29. The summed E-state index contributed by atoms with van der Waals surface area (Å²) in [6, 6.07) is -15.0. The highest BCUT2D eigenvalue weighted by Gasteiger charge is 2.37. The van der Waals surface area contributed by atoms with Gasteiger partial charge in [-0.1, -0.05) is 61.8 Å². The van der Waals surface area contributed by atoms with Crippen molar-refractivity contribution >= 4 is 107 Å². The van der Waals surface area contributed by atoms with Crippen molar-refractivity contribution in [1.29, 1.82) is 21.6 Å². The van der Waals surface area contributed by atoms with E-state index in [1.165, 1.54) is 13.8 Å². The van der Waals surface area contributed by atoms with Gasteiger partial charge in [0, 0.05) is 39.5 Å². The maximum absolute atomic E-state index is 14.8. The first-order valence-electron chi connectivity index (χ1n) is 36.2. The second kappa shape index (κ2) is 52.6. The Balaban J connectivity index is 7.54. The first-order valence-corrected chi connectivity index (χ1v) is 36.2. The minimum atomic E-state index is -1.53. The zero-order valence-corrected chi connectivity index (χ0v) is 63.6. The quantitative estimate of drug-likeness (QED) is 0.0153. The van der Waals surface area contributed by atoms with Gasteiger partial charge in [0.2, 0.25) is 76.8 Å². The van der Waals surface area contributed by atoms with Crippen LogP contribution >= 0.6 is 0 Å². The first-order chi connectivity index (χ1) is 50.1. The molecule has 0 bridgehead atoms. The molecule has 0 rings (SSSR count). The number of primary amides is 1. The molecular weight excluding hydrogens is 1400 g/mol. The molecule has 0 saturated heterocycles. The van der Waals surface area contributed by atoms with E-state index in [1.807, 2.05) is 0 Å². The summed E-state index contributed by atoms with van der Waals surface area (Å²) >= 11 is 0. The fraction of sp³-hybridized carbons (Fsp3) is 0.727. The summed E-state index contributed by atoms with van der Waals surface area (Å²) in [5.41, 5.74) is 33.4. The highest BCUT2D eigenvalue weighted by molar-refractivity contribution is 5.99. The number of rotatable bonds is 55. The Morgan fingerprint density at radius 2 is 0.645 bits per heavy atom. The summed E-state index contributed by atoms with van der Waals surface area (Å²) < 4.78 is 0. The monoisotopic (exact) mass is 1520 g/mol. The van der Waals surface area contributed by atoms with Crippen molar-refractivity contribution in [2.45, 2.75) is 245 Å². The van der Waals surface area contributed by atoms with E-state index in [0.717, 1.165) is 0 Å². The highest BCUT2D eigenvalue weighted by Crippen LogP contribution is 2.15. The number of amides is 13. The molecule has 0 spiro atoms. The third-order valence-corrected chi connectivity index (χ3v) is 16.4. The molecule has 0 aromatic heterocycles. The van der Waals surface area contributed by atoms with Gasteiger partial charge in [0.25, 0.3) is 0 Å². The normalized spacial score (nSPS) is 14.4. The van der Waals surface area contributed by atoms with Crippen LogP contribution in [0.25, 0.3) is 0 Å². The summed E-state index contributed by atoms with van der Waals surface area (Å²) in [6.07, 6.45) is -0.364. The lowest BCUT2D eigenvalue weighted by Crippen LogP contribution is -2.60. The van der Waals surface area contributed by atoms with Crippen LogP contribution in [-0.2, 0) is 67.1 Å². The Bertz CT molecular complexity index is 2980. The number of carbonyl (C=O) groups is 14. The van der Waals surface area contributed by atoms with Gasteiger partial charge in [0.15, 0.2) is 23.8 Å². The van der Waals surface area contributed by atoms with Gasteiger partial charge in [-0.2, -0.15) is 0 Å². The molecule has 0 aliphatic rings. The molecule has 13 amide bonds. The van der Waals surface area contributed by atoms with E-state index in [0.29, 0.717) is 12.8 Å². The van der Waals surface area contributed by atoms with Crippen molar-refractivity contribution in [2.24, 2.45) is 58.1 Å². The number of carbonyl (C=O) groups excluding carboxylic acids is 13. The van der Waals surface area contributed by atoms with E-state index in [2.05, 4.69) is 85.1 Å². The smallest absolute Gasteiger partial charge is 0.303 e. The Labute approximate surface area is 625 Å². The van der Waals surface area contributed by atoms with Gasteiger partial charge in [-0.3, -0.25) is 88.8 Å². The van der Waals surface area contributed by atoms with Crippen LogP contribution in [0.2, 0.25) is 0 Å². The number of carboxylic acid groups (broad SMARTS) is 1. The zero-order chi connectivity index (χ0) is 81.6. The Morgan fingerprint density at radius 1 is 0.355 bits per heavy atom. The first kappa shape index (κ1) is 96.6. The van der Waals surface area contributed by atoms with E-state index in [9.17, 15) is 72.2 Å². The molecule has 33 N–H and O–H groups in total. The van der Waals surface area contributed by atoms with Crippen LogP contribution in [0.4, 0.5) is 0 Å². The Morgan fingerprint density at radius 3 is 0.935 bits per heavy atom. The zero-order valence-electron chi connectivity index (χ0n) is 63.6. The van der Waals surface area contributed by atoms with Crippen molar-refractivity contribution < 1.29 is 72.2 Å². The maximum atomic E-state index is 14.8. The lowest BCUT2D eigenvalue weighted by molar-refractivity contribution is -0.138. The number of guanidine groups is 4. The number of hydrogen-bond acceptors (Lipinski definition) is 19. The number of aliphatic carboxylic acids is 1. The molecule has 0 saturated carbocycles. The molecule has 41 nitrogen and oxygen atoms in total. The predicted octanol–water partition coefficient (Wildman–Crippen LogP) is -5.81. The largest absolute Gasteiger partial charge is 0.481 e. The fourth-order valence-electron chi connectivity index (χ4n) is 10.6. The molecule has 608 valence electrons. The van der Waals surface area contributed by atoms with Crippen LogP contribution in [0.5, 0.6) is 0 Å². The van der Waals surface area contributed by atoms with Crippen LogP contribution < -0.4 is 119 Å². The second-order valence-electron chi connectivity index (χ2n) is 27.6. The molecule has 0 aromatic carbocycles. The van der Waals surface area contributed by atoms with Crippen LogP contribution in [-0.4, -0.2) is 217 Å². The minimum Gasteiger partial charge on any atom is -0.481 e. The average molecular weight is 1520 g/mol. The molecule has 0 fully saturated rings. The number of hydrogen-bond donors (Lipinski definition) is 27. The van der Waals surface area contributed by atoms with E-state index in [4.69, 9.17) is 56.0 Å². The van der Waals surface area contributed by atoms with E-state index in [-0.39, 0.29) is 134 Å². The van der Waals surface area contributed by atoms with Gasteiger partial charge in [-0.05, 0) is 133 Å². The third-order valence-electron chi connectivity index (χ3n) is 16.4. The van der Waals surface area contributed by atoms with Crippen molar-refractivity contribution in [3.63, 3.8) is 0 Å². The lowest BCUT2D eigenvalue weighted by atomic mass is 9.97. The fourth-order valence-corrected chi connectivity index (χ4v) is 10.6. The second-order valence-corrected chi connectivity index (χ2v) is 27.6. The molecule has 12 atom stereocenters. The standard InChI is InChI=1S/C66H124N26O15/c1-11-37(8)51(83-39(10)93)62(107)90-45(23-24-50(95)96)53(98)81-33-49(94)84-46(30-34(2)3)60(105)89-43(21-16-28-79-65(73)74)57(102)85-40(18-12-13-25-67)54(99)86-41(19-14-26-77-63(69)70)55(100)87-42(20-15-27-78-64(71)72)56(101)88-44(22-17-29-80-66(75)76)58(103)91-48(32-36(6)7)61(106)92-47(31-35(4)5)59(104)82-38(9)52(68)97/h34-38,40-48,51H,11-33,67H2,1-10H3,(H2,68,97)(H,81,98)(H,82,104)(H,83,93)(H,84,94)(H,85,102)(H,86,99)(H,87,100)(H,88,101)(H,89,105)(H,90,107)(H,91,103)(H,92,106)(H,95,96)(H4,69,70,77)(H4,71,72,78)(H4,73,74,79)(H4,75,76,80)/t37-,38-,40-,41-,42-,43-,44-,45-,46-,47-,48-,51-/m0/s1. The number of carboxylic acids is 1. The molecule has 0 heterocycles. The number of nitrogens with one attached hydrogen (secondary N) is 20. The van der Waals surface area contributed by atoms with Crippen molar-refractivity contribution in [1.82, 2.24) is 85.1 Å². The van der Waals surface area contributed by atoms with Gasteiger partial charge in [0.05, 0.1) is 6.54 Å². The summed E-state index contributed by atoms with van der Waals surface area (Å²) in [6.45, 7) is 16.1. The summed E-state index contributed by atoms with van der Waals surface area (Å²) in [7, 11) is 0. The highest BCUT2D eigenvalue weighted by atomic mass is 16.4. The Kier molecular flexibility index (Phi) is 47.5. The maximum Gasteiger partial charge on any atom is 0.303 e. The van der Waals surface area contributed by atoms with Gasteiger partial charge in [-0.25, -0.2) is 0 Å². The summed E-state index contributed by atoms with van der Waals surface area (Å²) in [5, 5.41) is 81.8. The predicted molar refractivity (Wildman–Crippen MR) is 399 cm³/mol. The third kappa shape index (κ3) is 43.6. The number of nitrogens with two attached hydrogens (primary N) is 6. The molecule has 41 heteroatoms.